The Kier molecular flexibility index (Phi) is 5.98. The monoisotopic (exact) mass is 246 g/mol. The summed E-state index contributed by atoms with van der Waals surface area (Å²) in [6.45, 7) is 3.80. The molecule has 1 aliphatic rings. The van der Waals surface area contributed by atoms with Crippen LogP contribution in [0.4, 0.5) is 4.79 Å². The molecule has 1 fully saturated rings. The van der Waals surface area contributed by atoms with E-state index in [0.717, 1.165) is 31.7 Å². The molecule has 0 aromatic carbocycles. The summed E-state index contributed by atoms with van der Waals surface area (Å²) in [7, 11) is 0. The van der Waals surface area contributed by atoms with E-state index in [1.54, 1.807) is 11.8 Å². The van der Waals surface area contributed by atoms with E-state index in [0.29, 0.717) is 5.92 Å². The van der Waals surface area contributed by atoms with Gasteiger partial charge >= 0.3 is 6.03 Å². The first-order valence-corrected chi connectivity index (χ1v) is 7.22. The van der Waals surface area contributed by atoms with E-state index in [4.69, 9.17) is 5.11 Å². The highest BCUT2D eigenvalue weighted by Gasteiger charge is 2.22. The van der Waals surface area contributed by atoms with Crippen molar-refractivity contribution < 1.29 is 9.90 Å². The molecule has 2 N–H and O–H groups in total. The summed E-state index contributed by atoms with van der Waals surface area (Å²) in [5, 5.41) is 12.0. The third-order valence-corrected chi connectivity index (χ3v) is 3.78. The lowest BCUT2D eigenvalue weighted by Crippen LogP contribution is -2.48. The quantitative estimate of drug-likeness (QED) is 0.782. The van der Waals surface area contributed by atoms with Crippen LogP contribution in [0.1, 0.15) is 19.8 Å². The van der Waals surface area contributed by atoms with E-state index >= 15 is 0 Å². The summed E-state index contributed by atoms with van der Waals surface area (Å²) in [5.41, 5.74) is 0. The summed E-state index contributed by atoms with van der Waals surface area (Å²) in [5.74, 6) is 1.33. The van der Waals surface area contributed by atoms with Crippen molar-refractivity contribution in [2.24, 2.45) is 5.92 Å². The fourth-order valence-electron chi connectivity index (χ4n) is 1.91. The van der Waals surface area contributed by atoms with Crippen molar-refractivity contribution in [3.63, 3.8) is 0 Å². The molecule has 0 aromatic heterocycles. The molecule has 0 radical (unpaired) electrons. The number of carbonyl (C=O) groups excluding carboxylic acids is 1. The Morgan fingerprint density at radius 1 is 1.56 bits per heavy atom. The molecule has 1 saturated heterocycles. The van der Waals surface area contributed by atoms with Crippen LogP contribution in [0.25, 0.3) is 0 Å². The van der Waals surface area contributed by atoms with E-state index in [-0.39, 0.29) is 18.7 Å². The zero-order chi connectivity index (χ0) is 12.0. The van der Waals surface area contributed by atoms with Crippen LogP contribution in [0.15, 0.2) is 0 Å². The summed E-state index contributed by atoms with van der Waals surface area (Å²) in [6.07, 6.45) is 3.87. The molecule has 5 heteroatoms. The molecule has 0 spiro atoms. The Bertz CT molecular complexity index is 218. The predicted molar refractivity (Wildman–Crippen MR) is 67.8 cm³/mol. The predicted octanol–water partition coefficient (Wildman–Crippen LogP) is 1.15. The van der Waals surface area contributed by atoms with Crippen LogP contribution in [0, 0.1) is 5.92 Å². The largest absolute Gasteiger partial charge is 0.396 e. The second kappa shape index (κ2) is 7.01. The van der Waals surface area contributed by atoms with Crippen LogP contribution in [-0.2, 0) is 0 Å². The highest BCUT2D eigenvalue weighted by molar-refractivity contribution is 7.98. The van der Waals surface area contributed by atoms with Crippen molar-refractivity contribution in [1.29, 1.82) is 0 Å². The summed E-state index contributed by atoms with van der Waals surface area (Å²) < 4.78 is 0. The summed E-state index contributed by atoms with van der Waals surface area (Å²) >= 11 is 1.74. The van der Waals surface area contributed by atoms with Gasteiger partial charge in [0.25, 0.3) is 0 Å². The van der Waals surface area contributed by atoms with Gasteiger partial charge in [0.15, 0.2) is 0 Å². The van der Waals surface area contributed by atoms with Crippen molar-refractivity contribution in [2.75, 3.05) is 31.7 Å². The number of rotatable bonds is 4. The minimum absolute atomic E-state index is 0.0398. The fourth-order valence-corrected chi connectivity index (χ4v) is 2.50. The molecule has 2 amide bonds. The smallest absolute Gasteiger partial charge is 0.317 e. The van der Waals surface area contributed by atoms with Gasteiger partial charge in [-0.1, -0.05) is 0 Å². The molecule has 16 heavy (non-hydrogen) atoms. The molecule has 4 nitrogen and oxygen atoms in total. The van der Waals surface area contributed by atoms with Crippen LogP contribution in [0.2, 0.25) is 0 Å². The maximum Gasteiger partial charge on any atom is 0.317 e. The van der Waals surface area contributed by atoms with Gasteiger partial charge < -0.3 is 15.3 Å². The summed E-state index contributed by atoms with van der Waals surface area (Å²) in [6, 6.07) is 0.260. The second-order valence-corrected chi connectivity index (χ2v) is 5.33. The zero-order valence-electron chi connectivity index (χ0n) is 10.1. The number of likely N-dealkylation sites (tertiary alicyclic amines) is 1. The Hall–Kier alpha value is -0.420. The van der Waals surface area contributed by atoms with Gasteiger partial charge in [0, 0.05) is 31.5 Å². The summed E-state index contributed by atoms with van der Waals surface area (Å²) in [4.78, 5) is 13.7. The second-order valence-electron chi connectivity index (χ2n) is 4.42. The number of nitrogens with zero attached hydrogens (tertiary/aromatic N) is 1. The molecule has 1 heterocycles. The first-order valence-electron chi connectivity index (χ1n) is 5.82. The minimum Gasteiger partial charge on any atom is -0.396 e. The fraction of sp³-hybridized carbons (Fsp3) is 0.909. The van der Waals surface area contributed by atoms with Crippen molar-refractivity contribution in [1.82, 2.24) is 10.2 Å². The lowest BCUT2D eigenvalue weighted by Gasteiger charge is -2.32. The van der Waals surface area contributed by atoms with Crippen LogP contribution in [0.5, 0.6) is 0 Å². The standard InChI is InChI=1S/C11H22N2O2S/c1-9(8-16-2)12-11(15)13-5-3-10(7-14)4-6-13/h9-10,14H,3-8H2,1-2H3,(H,12,15). The molecule has 1 aliphatic heterocycles. The Labute approximate surface area is 102 Å². The van der Waals surface area contributed by atoms with Gasteiger partial charge in [0.05, 0.1) is 0 Å². The number of urea groups is 1. The van der Waals surface area contributed by atoms with Crippen molar-refractivity contribution in [2.45, 2.75) is 25.8 Å². The highest BCUT2D eigenvalue weighted by Crippen LogP contribution is 2.16. The molecule has 0 bridgehead atoms. The number of hydrogen-bond donors (Lipinski definition) is 2. The SMILES string of the molecule is CSCC(C)NC(=O)N1CCC(CO)CC1. The van der Waals surface area contributed by atoms with E-state index in [2.05, 4.69) is 5.32 Å². The number of amides is 2. The zero-order valence-corrected chi connectivity index (χ0v) is 10.9. The maximum absolute atomic E-state index is 11.8. The highest BCUT2D eigenvalue weighted by atomic mass is 32.2. The van der Waals surface area contributed by atoms with E-state index in [1.807, 2.05) is 18.1 Å². The molecular formula is C11H22N2O2S. The lowest BCUT2D eigenvalue weighted by molar-refractivity contribution is 0.136. The van der Waals surface area contributed by atoms with E-state index < -0.39 is 0 Å². The molecule has 0 aliphatic carbocycles. The molecule has 94 valence electrons. The molecule has 1 atom stereocenters. The normalized spacial score (nSPS) is 19.6. The first kappa shape index (κ1) is 13.6. The third-order valence-electron chi connectivity index (χ3n) is 2.95. The lowest BCUT2D eigenvalue weighted by atomic mass is 9.98. The molecule has 0 saturated carbocycles. The topological polar surface area (TPSA) is 52.6 Å². The van der Waals surface area contributed by atoms with Gasteiger partial charge in [-0.15, -0.1) is 0 Å². The number of aliphatic hydroxyl groups is 1. The van der Waals surface area contributed by atoms with Gasteiger partial charge in [-0.2, -0.15) is 11.8 Å². The van der Waals surface area contributed by atoms with E-state index in [9.17, 15) is 4.79 Å². The maximum atomic E-state index is 11.8. The van der Waals surface area contributed by atoms with Crippen molar-refractivity contribution in [3.8, 4) is 0 Å². The number of nitrogens with one attached hydrogen (secondary N) is 1. The Balaban J connectivity index is 2.27. The first-order chi connectivity index (χ1) is 7.67. The molecular weight excluding hydrogens is 224 g/mol. The molecule has 1 rings (SSSR count). The third kappa shape index (κ3) is 4.22. The van der Waals surface area contributed by atoms with Gasteiger partial charge in [-0.25, -0.2) is 4.79 Å². The Morgan fingerprint density at radius 2 is 2.19 bits per heavy atom. The number of thioether (sulfide) groups is 1. The van der Waals surface area contributed by atoms with Crippen LogP contribution in [0.3, 0.4) is 0 Å². The van der Waals surface area contributed by atoms with Gasteiger partial charge in [0.1, 0.15) is 0 Å². The van der Waals surface area contributed by atoms with Crippen LogP contribution in [-0.4, -0.2) is 53.8 Å². The molecule has 0 aromatic rings. The average Bonchev–Trinajstić information content (AvgIpc) is 2.29. The van der Waals surface area contributed by atoms with Gasteiger partial charge in [-0.3, -0.25) is 0 Å². The number of piperidine rings is 1. The van der Waals surface area contributed by atoms with Gasteiger partial charge in [-0.05, 0) is 31.9 Å². The van der Waals surface area contributed by atoms with Crippen molar-refractivity contribution in [3.05, 3.63) is 0 Å². The van der Waals surface area contributed by atoms with E-state index in [1.165, 1.54) is 0 Å². The van der Waals surface area contributed by atoms with Crippen LogP contribution < -0.4 is 5.32 Å². The van der Waals surface area contributed by atoms with Crippen molar-refractivity contribution >= 4 is 17.8 Å². The van der Waals surface area contributed by atoms with Crippen LogP contribution >= 0.6 is 11.8 Å². The average molecular weight is 246 g/mol. The number of carbonyl (C=O) groups is 1. The minimum atomic E-state index is 0.0398. The van der Waals surface area contributed by atoms with Gasteiger partial charge in [0.2, 0.25) is 0 Å². The Morgan fingerprint density at radius 3 is 2.69 bits per heavy atom. The number of aliphatic hydroxyl groups excluding tert-OH is 1. The number of hydrogen-bond acceptors (Lipinski definition) is 3. The molecule has 1 unspecified atom stereocenters.